The lowest BCUT2D eigenvalue weighted by molar-refractivity contribution is 0.0449. The second-order valence-electron chi connectivity index (χ2n) is 7.18. The van der Waals surface area contributed by atoms with Crippen molar-refractivity contribution >= 4 is 11.4 Å². The van der Waals surface area contributed by atoms with Crippen molar-refractivity contribution in [2.75, 3.05) is 19.7 Å². The highest BCUT2D eigenvalue weighted by Gasteiger charge is 2.29. The van der Waals surface area contributed by atoms with Crippen LogP contribution in [0, 0.1) is 12.8 Å². The number of nitrogens with zero attached hydrogens (tertiary/aromatic N) is 3. The van der Waals surface area contributed by atoms with Crippen molar-refractivity contribution in [3.05, 3.63) is 35.7 Å². The van der Waals surface area contributed by atoms with E-state index in [4.69, 9.17) is 4.74 Å². The summed E-state index contributed by atoms with van der Waals surface area (Å²) >= 11 is 0. The number of aromatic nitrogens is 2. The van der Waals surface area contributed by atoms with Gasteiger partial charge in [-0.2, -0.15) is 5.10 Å². The largest absolute Gasteiger partial charge is 0.376 e. The Morgan fingerprint density at radius 1 is 1.33 bits per heavy atom. The van der Waals surface area contributed by atoms with Crippen molar-refractivity contribution in [3.8, 4) is 0 Å². The van der Waals surface area contributed by atoms with Gasteiger partial charge in [0, 0.05) is 25.9 Å². The molecule has 0 spiro atoms. The van der Waals surface area contributed by atoms with Crippen LogP contribution in [-0.4, -0.2) is 46.2 Å². The molecule has 5 nitrogen and oxygen atoms in total. The van der Waals surface area contributed by atoms with Gasteiger partial charge >= 0.3 is 0 Å². The summed E-state index contributed by atoms with van der Waals surface area (Å²) in [5.41, 5.74) is 2.72. The number of carbonyl (C=O) groups excluding carboxylic acids is 1. The second kappa shape index (κ2) is 6.55. The fourth-order valence-corrected chi connectivity index (χ4v) is 3.80. The molecule has 1 aliphatic carbocycles. The molecular formula is C19H25N3O2. The van der Waals surface area contributed by atoms with E-state index in [-0.39, 0.29) is 12.0 Å². The Bertz CT molecular complexity index is 729. The van der Waals surface area contributed by atoms with Gasteiger partial charge in [-0.25, -0.2) is 4.52 Å². The molecule has 1 aliphatic heterocycles. The molecule has 1 unspecified atom stereocenters. The van der Waals surface area contributed by atoms with Crippen LogP contribution in [0.3, 0.4) is 0 Å². The lowest BCUT2D eigenvalue weighted by Crippen LogP contribution is -2.41. The van der Waals surface area contributed by atoms with Crippen LogP contribution in [0.4, 0.5) is 0 Å². The quantitative estimate of drug-likeness (QED) is 0.848. The Kier molecular flexibility index (Phi) is 4.27. The Balaban J connectivity index is 1.60. The van der Waals surface area contributed by atoms with Crippen LogP contribution in [0.2, 0.25) is 0 Å². The van der Waals surface area contributed by atoms with Crippen molar-refractivity contribution in [1.29, 1.82) is 0 Å². The van der Waals surface area contributed by atoms with Gasteiger partial charge in [0.1, 0.15) is 0 Å². The van der Waals surface area contributed by atoms with E-state index in [1.54, 1.807) is 10.7 Å². The zero-order valence-corrected chi connectivity index (χ0v) is 14.3. The molecule has 1 atom stereocenters. The average molecular weight is 327 g/mol. The highest BCUT2D eigenvalue weighted by atomic mass is 16.5. The number of carbonyl (C=O) groups is 1. The first kappa shape index (κ1) is 15.6. The predicted octanol–water partition coefficient (Wildman–Crippen LogP) is 3.06. The minimum atomic E-state index is 0.0988. The number of hydrogen-bond acceptors (Lipinski definition) is 3. The number of ether oxygens (including phenoxy) is 1. The Morgan fingerprint density at radius 2 is 2.21 bits per heavy atom. The van der Waals surface area contributed by atoms with E-state index in [2.05, 4.69) is 5.10 Å². The van der Waals surface area contributed by atoms with Gasteiger partial charge in [-0.15, -0.1) is 0 Å². The Hall–Kier alpha value is -1.88. The van der Waals surface area contributed by atoms with Gasteiger partial charge in [0.15, 0.2) is 0 Å². The molecule has 2 aliphatic rings. The fourth-order valence-electron chi connectivity index (χ4n) is 3.80. The normalized spacial score (nSPS) is 21.1. The molecule has 0 bridgehead atoms. The lowest BCUT2D eigenvalue weighted by atomic mass is 9.85. The minimum Gasteiger partial charge on any atom is -0.376 e. The summed E-state index contributed by atoms with van der Waals surface area (Å²) < 4.78 is 7.58. The van der Waals surface area contributed by atoms with Gasteiger partial charge in [0.25, 0.3) is 5.91 Å². The van der Waals surface area contributed by atoms with Crippen LogP contribution >= 0.6 is 0 Å². The number of rotatable bonds is 5. The monoisotopic (exact) mass is 327 g/mol. The van der Waals surface area contributed by atoms with Crippen LogP contribution in [0.1, 0.15) is 48.0 Å². The molecular weight excluding hydrogens is 302 g/mol. The molecule has 0 radical (unpaired) electrons. The minimum absolute atomic E-state index is 0.0988. The first-order valence-corrected chi connectivity index (χ1v) is 9.06. The standard InChI is InChI=1S/C19H25N3O2/c1-14-5-3-9-22-18(14)17(11-20-22)19(23)21(12-15-6-2-7-15)13-16-8-4-10-24-16/h3,5,9,11,15-16H,2,4,6-8,10,12-13H2,1H3. The van der Waals surface area contributed by atoms with Gasteiger partial charge in [0.05, 0.1) is 23.4 Å². The number of fused-ring (bicyclic) bond motifs is 1. The van der Waals surface area contributed by atoms with E-state index in [0.717, 1.165) is 37.1 Å². The highest BCUT2D eigenvalue weighted by molar-refractivity contribution is 6.01. The number of hydrogen-bond donors (Lipinski definition) is 0. The van der Waals surface area contributed by atoms with E-state index in [1.165, 1.54) is 19.3 Å². The summed E-state index contributed by atoms with van der Waals surface area (Å²) in [4.78, 5) is 15.3. The van der Waals surface area contributed by atoms with Gasteiger partial charge in [0.2, 0.25) is 0 Å². The summed E-state index contributed by atoms with van der Waals surface area (Å²) in [7, 11) is 0. The summed E-state index contributed by atoms with van der Waals surface area (Å²) in [5.74, 6) is 0.750. The molecule has 128 valence electrons. The molecule has 24 heavy (non-hydrogen) atoms. The fraction of sp³-hybridized carbons (Fsp3) is 0.579. The molecule has 1 saturated carbocycles. The van der Waals surface area contributed by atoms with Crippen molar-refractivity contribution in [1.82, 2.24) is 14.5 Å². The maximum absolute atomic E-state index is 13.3. The maximum atomic E-state index is 13.3. The van der Waals surface area contributed by atoms with Crippen LogP contribution < -0.4 is 0 Å². The zero-order chi connectivity index (χ0) is 16.5. The van der Waals surface area contributed by atoms with Crippen LogP contribution in [0.5, 0.6) is 0 Å². The highest BCUT2D eigenvalue weighted by Crippen LogP contribution is 2.29. The third-order valence-electron chi connectivity index (χ3n) is 5.41. The molecule has 4 rings (SSSR count). The smallest absolute Gasteiger partial charge is 0.257 e. The predicted molar refractivity (Wildman–Crippen MR) is 92.1 cm³/mol. The first-order valence-electron chi connectivity index (χ1n) is 9.06. The van der Waals surface area contributed by atoms with Gasteiger partial charge in [-0.3, -0.25) is 4.79 Å². The van der Waals surface area contributed by atoms with Gasteiger partial charge < -0.3 is 9.64 Å². The van der Waals surface area contributed by atoms with Gasteiger partial charge in [-0.1, -0.05) is 12.5 Å². The summed E-state index contributed by atoms with van der Waals surface area (Å²) in [6, 6.07) is 3.99. The number of amides is 1. The third-order valence-corrected chi connectivity index (χ3v) is 5.41. The van der Waals surface area contributed by atoms with Crippen molar-refractivity contribution in [2.45, 2.75) is 45.1 Å². The topological polar surface area (TPSA) is 46.8 Å². The van der Waals surface area contributed by atoms with E-state index < -0.39 is 0 Å². The summed E-state index contributed by atoms with van der Waals surface area (Å²) in [5, 5.41) is 4.37. The van der Waals surface area contributed by atoms with Crippen LogP contribution in [-0.2, 0) is 4.74 Å². The molecule has 3 heterocycles. The number of pyridine rings is 1. The molecule has 1 saturated heterocycles. The van der Waals surface area contributed by atoms with Crippen molar-refractivity contribution < 1.29 is 9.53 Å². The van der Waals surface area contributed by atoms with E-state index in [0.29, 0.717) is 18.0 Å². The van der Waals surface area contributed by atoms with Crippen molar-refractivity contribution in [2.24, 2.45) is 5.92 Å². The summed E-state index contributed by atoms with van der Waals surface area (Å²) in [6.07, 6.45) is 9.74. The molecule has 5 heteroatoms. The molecule has 2 aromatic rings. The van der Waals surface area contributed by atoms with Gasteiger partial charge in [-0.05, 0) is 50.2 Å². The van der Waals surface area contributed by atoms with E-state index >= 15 is 0 Å². The third kappa shape index (κ3) is 2.93. The maximum Gasteiger partial charge on any atom is 0.257 e. The summed E-state index contributed by atoms with van der Waals surface area (Å²) in [6.45, 7) is 4.41. The average Bonchev–Trinajstić information content (AvgIpc) is 3.19. The molecule has 0 N–H and O–H groups in total. The lowest BCUT2D eigenvalue weighted by Gasteiger charge is -2.33. The zero-order valence-electron chi connectivity index (χ0n) is 14.3. The SMILES string of the molecule is Cc1cccn2ncc(C(=O)N(CC3CCC3)CC3CCCO3)c12. The van der Waals surface area contributed by atoms with Crippen LogP contribution in [0.15, 0.2) is 24.5 Å². The second-order valence-corrected chi connectivity index (χ2v) is 7.18. The van der Waals surface area contributed by atoms with Crippen molar-refractivity contribution in [3.63, 3.8) is 0 Å². The molecule has 2 fully saturated rings. The first-order chi connectivity index (χ1) is 11.7. The Labute approximate surface area is 142 Å². The molecule has 1 amide bonds. The van der Waals surface area contributed by atoms with E-state index in [9.17, 15) is 4.79 Å². The van der Waals surface area contributed by atoms with Crippen LogP contribution in [0.25, 0.3) is 5.52 Å². The number of aryl methyl sites for hydroxylation is 1. The molecule has 0 aromatic carbocycles. The van der Waals surface area contributed by atoms with E-state index in [1.807, 2.05) is 30.2 Å². The Morgan fingerprint density at radius 3 is 2.92 bits per heavy atom. The molecule has 2 aromatic heterocycles.